The fourth-order valence-corrected chi connectivity index (χ4v) is 5.91. The molecule has 0 amide bonds. The predicted octanol–water partition coefficient (Wildman–Crippen LogP) is 4.06. The molecule has 0 spiro atoms. The van der Waals surface area contributed by atoms with E-state index in [1.807, 2.05) is 18.2 Å². The first-order valence-corrected chi connectivity index (χ1v) is 12.7. The Morgan fingerprint density at radius 3 is 1.97 bits per heavy atom. The second-order valence-corrected chi connectivity index (χ2v) is 10.7. The van der Waals surface area contributed by atoms with Crippen LogP contribution in [0.5, 0.6) is 11.5 Å². The molecule has 0 bridgehead atoms. The van der Waals surface area contributed by atoms with Gasteiger partial charge in [0.15, 0.2) is 5.75 Å². The topological polar surface area (TPSA) is 92.8 Å². The molecule has 162 valence electrons. The van der Waals surface area contributed by atoms with Gasteiger partial charge in [0.25, 0.3) is 10.0 Å². The Morgan fingerprint density at radius 1 is 0.710 bits per heavy atom. The van der Waals surface area contributed by atoms with E-state index in [1.165, 1.54) is 28.6 Å². The molecule has 3 aromatic carbocycles. The third-order valence-corrected chi connectivity index (χ3v) is 8.23. The molecule has 1 heterocycles. The Bertz CT molecular complexity index is 1250. The molecular weight excluding hydrogens is 436 g/mol. The van der Waals surface area contributed by atoms with Gasteiger partial charge < -0.3 is 4.74 Å². The number of hydrogen-bond acceptors (Lipinski definition) is 5. The van der Waals surface area contributed by atoms with Gasteiger partial charge in [-0.25, -0.2) is 16.8 Å². The molecular formula is C22H22N2O5S2. The van der Waals surface area contributed by atoms with Gasteiger partial charge >= 0.3 is 0 Å². The first-order valence-electron chi connectivity index (χ1n) is 9.81. The summed E-state index contributed by atoms with van der Waals surface area (Å²) in [5.41, 5.74) is 0.278. The summed E-state index contributed by atoms with van der Waals surface area (Å²) < 4.78 is 60.8. The maximum Gasteiger partial charge on any atom is 0.262 e. The highest BCUT2D eigenvalue weighted by Gasteiger charge is 2.27. The zero-order valence-corrected chi connectivity index (χ0v) is 18.3. The molecule has 1 aliphatic rings. The SMILES string of the molecule is O=S(=O)(Nc1ccccc1Oc1ccccc1)c1ccc(S(=O)(=O)N2CCCC2)cc1. The van der Waals surface area contributed by atoms with Gasteiger partial charge in [0.05, 0.1) is 15.5 Å². The molecule has 0 unspecified atom stereocenters. The molecule has 1 saturated heterocycles. The maximum absolute atomic E-state index is 12.9. The van der Waals surface area contributed by atoms with Crippen molar-refractivity contribution in [3.05, 3.63) is 78.9 Å². The van der Waals surface area contributed by atoms with Crippen molar-refractivity contribution in [3.8, 4) is 11.5 Å². The molecule has 1 N–H and O–H groups in total. The van der Waals surface area contributed by atoms with E-state index < -0.39 is 20.0 Å². The van der Waals surface area contributed by atoms with Crippen LogP contribution in [0.1, 0.15) is 12.8 Å². The summed E-state index contributed by atoms with van der Waals surface area (Å²) in [4.78, 5) is 0.0450. The molecule has 9 heteroatoms. The summed E-state index contributed by atoms with van der Waals surface area (Å²) in [6.07, 6.45) is 1.67. The fourth-order valence-electron chi connectivity index (χ4n) is 3.33. The predicted molar refractivity (Wildman–Crippen MR) is 118 cm³/mol. The van der Waals surface area contributed by atoms with Gasteiger partial charge in [-0.05, 0) is 61.4 Å². The Balaban J connectivity index is 1.56. The number of nitrogens with one attached hydrogen (secondary N) is 1. The molecule has 0 atom stereocenters. The standard InChI is InChI=1S/C22H22N2O5S2/c25-30(26,19-12-14-20(15-13-19)31(27,28)24-16-6-7-17-24)23-21-10-4-5-11-22(21)29-18-8-2-1-3-9-18/h1-5,8-15,23H,6-7,16-17H2. The fraction of sp³-hybridized carbons (Fsp3) is 0.182. The van der Waals surface area contributed by atoms with Gasteiger partial charge in [-0.2, -0.15) is 4.31 Å². The quantitative estimate of drug-likeness (QED) is 0.576. The third kappa shape index (κ3) is 4.73. The minimum Gasteiger partial charge on any atom is -0.455 e. The van der Waals surface area contributed by atoms with Crippen LogP contribution in [-0.2, 0) is 20.0 Å². The van der Waals surface area contributed by atoms with Crippen LogP contribution in [0.15, 0.2) is 88.7 Å². The van der Waals surface area contributed by atoms with E-state index in [-0.39, 0.29) is 15.5 Å². The summed E-state index contributed by atoms with van der Waals surface area (Å²) in [6, 6.07) is 21.0. The van der Waals surface area contributed by atoms with Gasteiger partial charge in [-0.1, -0.05) is 30.3 Å². The highest BCUT2D eigenvalue weighted by atomic mass is 32.2. The van der Waals surface area contributed by atoms with E-state index >= 15 is 0 Å². The van der Waals surface area contributed by atoms with Crippen molar-refractivity contribution < 1.29 is 21.6 Å². The van der Waals surface area contributed by atoms with Crippen molar-refractivity contribution in [1.82, 2.24) is 4.31 Å². The lowest BCUT2D eigenvalue weighted by atomic mass is 10.3. The first kappa shape index (κ1) is 21.4. The molecule has 0 aliphatic carbocycles. The molecule has 1 aliphatic heterocycles. The molecule has 1 fully saturated rings. The largest absolute Gasteiger partial charge is 0.455 e. The lowest BCUT2D eigenvalue weighted by molar-refractivity contribution is 0.477. The Labute approximate surface area is 182 Å². The Kier molecular flexibility index (Phi) is 5.99. The van der Waals surface area contributed by atoms with Gasteiger partial charge in [0.1, 0.15) is 5.75 Å². The highest BCUT2D eigenvalue weighted by molar-refractivity contribution is 7.92. The van der Waals surface area contributed by atoms with Crippen molar-refractivity contribution >= 4 is 25.7 Å². The molecule has 31 heavy (non-hydrogen) atoms. The molecule has 4 rings (SSSR count). The number of rotatable bonds is 7. The van der Waals surface area contributed by atoms with Crippen LogP contribution < -0.4 is 9.46 Å². The van der Waals surface area contributed by atoms with Crippen molar-refractivity contribution in [2.45, 2.75) is 22.6 Å². The number of nitrogens with zero attached hydrogens (tertiary/aromatic N) is 1. The Hall–Kier alpha value is -2.88. The van der Waals surface area contributed by atoms with Crippen molar-refractivity contribution in [2.75, 3.05) is 17.8 Å². The summed E-state index contributed by atoms with van der Waals surface area (Å²) in [6.45, 7) is 0.976. The Morgan fingerprint density at radius 2 is 1.29 bits per heavy atom. The van der Waals surface area contributed by atoms with Crippen LogP contribution in [0.25, 0.3) is 0 Å². The van der Waals surface area contributed by atoms with Crippen LogP contribution in [0.3, 0.4) is 0 Å². The van der Waals surface area contributed by atoms with E-state index in [0.29, 0.717) is 24.6 Å². The zero-order chi connectivity index (χ0) is 21.9. The van der Waals surface area contributed by atoms with Crippen LogP contribution in [0.2, 0.25) is 0 Å². The molecule has 0 aromatic heterocycles. The smallest absolute Gasteiger partial charge is 0.262 e. The minimum absolute atomic E-state index is 0.0395. The monoisotopic (exact) mass is 458 g/mol. The highest BCUT2D eigenvalue weighted by Crippen LogP contribution is 2.31. The third-order valence-electron chi connectivity index (χ3n) is 4.94. The minimum atomic E-state index is -3.95. The molecule has 7 nitrogen and oxygen atoms in total. The van der Waals surface area contributed by atoms with Gasteiger partial charge in [0, 0.05) is 13.1 Å². The van der Waals surface area contributed by atoms with E-state index in [0.717, 1.165) is 12.8 Å². The van der Waals surface area contributed by atoms with Crippen LogP contribution >= 0.6 is 0 Å². The number of anilines is 1. The van der Waals surface area contributed by atoms with Gasteiger partial charge in [-0.15, -0.1) is 0 Å². The first-order chi connectivity index (χ1) is 14.9. The van der Waals surface area contributed by atoms with Crippen molar-refractivity contribution in [2.24, 2.45) is 0 Å². The second-order valence-electron chi connectivity index (χ2n) is 7.10. The van der Waals surface area contributed by atoms with Crippen molar-refractivity contribution in [3.63, 3.8) is 0 Å². The van der Waals surface area contributed by atoms with Crippen molar-refractivity contribution in [1.29, 1.82) is 0 Å². The number of benzene rings is 3. The summed E-state index contributed by atoms with van der Waals surface area (Å²) in [7, 11) is -7.55. The summed E-state index contributed by atoms with van der Waals surface area (Å²) >= 11 is 0. The number of hydrogen-bond donors (Lipinski definition) is 1. The van der Waals surface area contributed by atoms with Crippen LogP contribution in [-0.4, -0.2) is 34.2 Å². The average Bonchev–Trinajstić information content (AvgIpc) is 3.32. The molecule has 0 radical (unpaired) electrons. The number of ether oxygens (including phenoxy) is 1. The zero-order valence-electron chi connectivity index (χ0n) is 16.6. The van der Waals surface area contributed by atoms with Gasteiger partial charge in [-0.3, -0.25) is 4.72 Å². The maximum atomic E-state index is 12.9. The normalized spacial score (nSPS) is 15.0. The average molecular weight is 459 g/mol. The van der Waals surface area contributed by atoms with E-state index in [2.05, 4.69) is 4.72 Å². The number of sulfonamides is 2. The van der Waals surface area contributed by atoms with E-state index in [9.17, 15) is 16.8 Å². The molecule has 0 saturated carbocycles. The van der Waals surface area contributed by atoms with E-state index in [4.69, 9.17) is 4.74 Å². The second kappa shape index (κ2) is 8.70. The molecule has 3 aromatic rings. The van der Waals surface area contributed by atoms with Crippen LogP contribution in [0, 0.1) is 0 Å². The number of para-hydroxylation sites is 3. The summed E-state index contributed by atoms with van der Waals surface area (Å²) in [5.74, 6) is 0.927. The van der Waals surface area contributed by atoms with Gasteiger partial charge in [0.2, 0.25) is 10.0 Å². The lowest BCUT2D eigenvalue weighted by Crippen LogP contribution is -2.27. The van der Waals surface area contributed by atoms with Crippen LogP contribution in [0.4, 0.5) is 5.69 Å². The lowest BCUT2D eigenvalue weighted by Gasteiger charge is -2.16. The summed E-state index contributed by atoms with van der Waals surface area (Å²) in [5, 5.41) is 0. The van der Waals surface area contributed by atoms with E-state index in [1.54, 1.807) is 36.4 Å².